The molecule has 2 aromatic rings. The van der Waals surface area contributed by atoms with E-state index in [1.807, 2.05) is 6.07 Å². The van der Waals surface area contributed by atoms with Gasteiger partial charge in [-0.1, -0.05) is 6.07 Å². The number of nitrogens with one attached hydrogen (secondary N) is 2. The van der Waals surface area contributed by atoms with Crippen molar-refractivity contribution in [2.24, 2.45) is 0 Å². The van der Waals surface area contributed by atoms with Crippen molar-refractivity contribution < 1.29 is 9.59 Å². The molecule has 3 rings (SSSR count). The Morgan fingerprint density at radius 2 is 1.55 bits per heavy atom. The summed E-state index contributed by atoms with van der Waals surface area (Å²) in [4.78, 5) is 23.2. The zero-order valence-corrected chi connectivity index (χ0v) is 12.5. The maximum Gasteiger partial charge on any atom is 0.255 e. The molecule has 112 valence electrons. The fraction of sp³-hybridized carbons (Fsp3) is 0.222. The molecule has 0 aromatic heterocycles. The molecule has 0 radical (unpaired) electrons. The van der Waals surface area contributed by atoms with Gasteiger partial charge in [-0.25, -0.2) is 0 Å². The molecule has 0 aliphatic heterocycles. The number of fused-ring (bicyclic) bond motifs is 1. The van der Waals surface area contributed by atoms with Gasteiger partial charge in [0, 0.05) is 23.9 Å². The molecule has 0 saturated heterocycles. The minimum atomic E-state index is -0.146. The summed E-state index contributed by atoms with van der Waals surface area (Å²) in [6.45, 7) is 1.45. The standard InChI is InChI=1S/C18H18N2O2/c1-12(21)19-16-8-6-14(7-9-16)18(22)20-17-10-5-13-3-2-4-15(13)11-17/h5-11H,2-4H2,1H3,(H,19,21)(H,20,22). The number of rotatable bonds is 3. The van der Waals surface area contributed by atoms with E-state index in [2.05, 4.69) is 22.8 Å². The first-order chi connectivity index (χ1) is 10.6. The number of carbonyl (C=O) groups excluding carboxylic acids is 2. The second kappa shape index (κ2) is 6.02. The lowest BCUT2D eigenvalue weighted by molar-refractivity contribution is -0.114. The second-order valence-corrected chi connectivity index (χ2v) is 5.55. The summed E-state index contributed by atoms with van der Waals surface area (Å²) in [5.41, 5.74) is 4.80. The molecule has 0 unspecified atom stereocenters. The maximum absolute atomic E-state index is 12.2. The zero-order chi connectivity index (χ0) is 15.5. The van der Waals surface area contributed by atoms with E-state index < -0.39 is 0 Å². The highest BCUT2D eigenvalue weighted by Gasteiger charge is 2.12. The number of benzene rings is 2. The van der Waals surface area contributed by atoms with Gasteiger partial charge >= 0.3 is 0 Å². The van der Waals surface area contributed by atoms with E-state index in [1.165, 1.54) is 24.5 Å². The smallest absolute Gasteiger partial charge is 0.255 e. The highest BCUT2D eigenvalue weighted by atomic mass is 16.2. The van der Waals surface area contributed by atoms with Crippen LogP contribution in [-0.4, -0.2) is 11.8 Å². The van der Waals surface area contributed by atoms with Crippen LogP contribution in [0, 0.1) is 0 Å². The largest absolute Gasteiger partial charge is 0.326 e. The van der Waals surface area contributed by atoms with Crippen molar-refractivity contribution in [3.63, 3.8) is 0 Å². The Kier molecular flexibility index (Phi) is 3.92. The number of amides is 2. The van der Waals surface area contributed by atoms with E-state index in [0.29, 0.717) is 11.3 Å². The van der Waals surface area contributed by atoms with Gasteiger partial charge in [-0.05, 0) is 66.8 Å². The quantitative estimate of drug-likeness (QED) is 0.911. The van der Waals surface area contributed by atoms with Crippen molar-refractivity contribution in [1.29, 1.82) is 0 Å². The van der Waals surface area contributed by atoms with Crippen LogP contribution in [0.2, 0.25) is 0 Å². The normalized spacial score (nSPS) is 12.6. The fourth-order valence-corrected chi connectivity index (χ4v) is 2.76. The average Bonchev–Trinajstić information content (AvgIpc) is 2.95. The molecule has 4 nitrogen and oxygen atoms in total. The summed E-state index contributed by atoms with van der Waals surface area (Å²) >= 11 is 0. The minimum Gasteiger partial charge on any atom is -0.326 e. The van der Waals surface area contributed by atoms with Crippen LogP contribution >= 0.6 is 0 Å². The molecule has 0 saturated carbocycles. The van der Waals surface area contributed by atoms with Gasteiger partial charge in [0.05, 0.1) is 0 Å². The summed E-state index contributed by atoms with van der Waals surface area (Å²) in [5, 5.41) is 5.60. The molecule has 0 atom stereocenters. The summed E-state index contributed by atoms with van der Waals surface area (Å²) in [6, 6.07) is 13.0. The first kappa shape index (κ1) is 14.3. The number of anilines is 2. The predicted octanol–water partition coefficient (Wildman–Crippen LogP) is 3.39. The van der Waals surface area contributed by atoms with Gasteiger partial charge < -0.3 is 10.6 Å². The lowest BCUT2D eigenvalue weighted by Gasteiger charge is -2.08. The number of hydrogen-bond donors (Lipinski definition) is 2. The van der Waals surface area contributed by atoms with E-state index in [1.54, 1.807) is 24.3 Å². The van der Waals surface area contributed by atoms with Crippen LogP contribution in [0.5, 0.6) is 0 Å². The van der Waals surface area contributed by atoms with Crippen molar-refractivity contribution >= 4 is 23.2 Å². The molecule has 2 amide bonds. The summed E-state index contributed by atoms with van der Waals surface area (Å²) in [7, 11) is 0. The topological polar surface area (TPSA) is 58.2 Å². The van der Waals surface area contributed by atoms with Crippen LogP contribution in [0.4, 0.5) is 11.4 Å². The van der Waals surface area contributed by atoms with Gasteiger partial charge in [-0.15, -0.1) is 0 Å². The van der Waals surface area contributed by atoms with Crippen molar-refractivity contribution in [2.75, 3.05) is 10.6 Å². The third-order valence-electron chi connectivity index (χ3n) is 3.82. The molecule has 1 aliphatic carbocycles. The third kappa shape index (κ3) is 3.17. The molecule has 2 N–H and O–H groups in total. The molecular formula is C18H18N2O2. The third-order valence-corrected chi connectivity index (χ3v) is 3.82. The number of hydrogen-bond acceptors (Lipinski definition) is 2. The van der Waals surface area contributed by atoms with E-state index >= 15 is 0 Å². The van der Waals surface area contributed by atoms with Gasteiger partial charge in [-0.3, -0.25) is 9.59 Å². The first-order valence-electron chi connectivity index (χ1n) is 7.42. The molecular weight excluding hydrogens is 276 g/mol. The van der Waals surface area contributed by atoms with E-state index in [4.69, 9.17) is 0 Å². The minimum absolute atomic E-state index is 0.129. The maximum atomic E-state index is 12.2. The molecule has 1 aliphatic rings. The molecule has 22 heavy (non-hydrogen) atoms. The predicted molar refractivity (Wildman–Crippen MR) is 87.2 cm³/mol. The Balaban J connectivity index is 1.70. The Bertz CT molecular complexity index is 720. The second-order valence-electron chi connectivity index (χ2n) is 5.55. The van der Waals surface area contributed by atoms with Crippen LogP contribution in [0.3, 0.4) is 0 Å². The summed E-state index contributed by atoms with van der Waals surface area (Å²) in [5.74, 6) is -0.275. The molecule has 2 aromatic carbocycles. The molecule has 0 fully saturated rings. The molecule has 0 bridgehead atoms. The molecule has 4 heteroatoms. The lowest BCUT2D eigenvalue weighted by Crippen LogP contribution is -2.12. The molecule has 0 heterocycles. The Labute approximate surface area is 129 Å². The van der Waals surface area contributed by atoms with E-state index in [-0.39, 0.29) is 11.8 Å². The van der Waals surface area contributed by atoms with Crippen LogP contribution in [0.1, 0.15) is 34.8 Å². The van der Waals surface area contributed by atoms with Crippen molar-refractivity contribution in [3.8, 4) is 0 Å². The van der Waals surface area contributed by atoms with Crippen LogP contribution < -0.4 is 10.6 Å². The van der Waals surface area contributed by atoms with E-state index in [0.717, 1.165) is 18.5 Å². The summed E-state index contributed by atoms with van der Waals surface area (Å²) in [6.07, 6.45) is 3.41. The van der Waals surface area contributed by atoms with Crippen molar-refractivity contribution in [2.45, 2.75) is 26.2 Å². The van der Waals surface area contributed by atoms with Gasteiger partial charge in [-0.2, -0.15) is 0 Å². The monoisotopic (exact) mass is 294 g/mol. The highest BCUT2D eigenvalue weighted by Crippen LogP contribution is 2.25. The SMILES string of the molecule is CC(=O)Nc1ccc(C(=O)Nc2ccc3c(c2)CCC3)cc1. The van der Waals surface area contributed by atoms with Gasteiger partial charge in [0.15, 0.2) is 0 Å². The Hall–Kier alpha value is -2.62. The lowest BCUT2D eigenvalue weighted by atomic mass is 10.1. The van der Waals surface area contributed by atoms with E-state index in [9.17, 15) is 9.59 Å². The Morgan fingerprint density at radius 3 is 2.27 bits per heavy atom. The summed E-state index contributed by atoms with van der Waals surface area (Å²) < 4.78 is 0. The fourth-order valence-electron chi connectivity index (χ4n) is 2.76. The Morgan fingerprint density at radius 1 is 0.864 bits per heavy atom. The number of aryl methyl sites for hydroxylation is 2. The zero-order valence-electron chi connectivity index (χ0n) is 12.5. The van der Waals surface area contributed by atoms with Gasteiger partial charge in [0.1, 0.15) is 0 Å². The average molecular weight is 294 g/mol. The van der Waals surface area contributed by atoms with Crippen molar-refractivity contribution in [3.05, 3.63) is 59.2 Å². The van der Waals surface area contributed by atoms with Crippen LogP contribution in [0.25, 0.3) is 0 Å². The first-order valence-corrected chi connectivity index (χ1v) is 7.42. The number of carbonyl (C=O) groups is 2. The van der Waals surface area contributed by atoms with Crippen LogP contribution in [-0.2, 0) is 17.6 Å². The highest BCUT2D eigenvalue weighted by molar-refractivity contribution is 6.04. The van der Waals surface area contributed by atoms with Gasteiger partial charge in [0.25, 0.3) is 5.91 Å². The van der Waals surface area contributed by atoms with Gasteiger partial charge in [0.2, 0.25) is 5.91 Å². The molecule has 0 spiro atoms. The van der Waals surface area contributed by atoms with Crippen molar-refractivity contribution in [1.82, 2.24) is 0 Å². The van der Waals surface area contributed by atoms with Crippen LogP contribution in [0.15, 0.2) is 42.5 Å².